The lowest BCUT2D eigenvalue weighted by Crippen LogP contribution is -2.05. The first-order valence-electron chi connectivity index (χ1n) is 5.13. The lowest BCUT2D eigenvalue weighted by Gasteiger charge is -2.04. The third-order valence-electron chi connectivity index (χ3n) is 1.98. The van der Waals surface area contributed by atoms with Gasteiger partial charge >= 0.3 is 0 Å². The predicted molar refractivity (Wildman–Crippen MR) is 67.2 cm³/mol. The van der Waals surface area contributed by atoms with Crippen molar-refractivity contribution in [1.82, 2.24) is 9.97 Å². The minimum atomic E-state index is 0.461. The first kappa shape index (κ1) is 12.1. The minimum Gasteiger partial charge on any atom is -0.382 e. The van der Waals surface area contributed by atoms with Gasteiger partial charge in [-0.1, -0.05) is 6.42 Å². The summed E-state index contributed by atoms with van der Waals surface area (Å²) in [6.07, 6.45) is 9.08. The zero-order valence-electron chi connectivity index (χ0n) is 9.07. The Labute approximate surface area is 95.1 Å². The molecule has 1 aromatic rings. The van der Waals surface area contributed by atoms with Crippen LogP contribution in [0.25, 0.3) is 0 Å². The smallest absolute Gasteiger partial charge is 0.146 e. The minimum absolute atomic E-state index is 0.461. The van der Waals surface area contributed by atoms with Crippen LogP contribution in [-0.4, -0.2) is 28.5 Å². The quantitative estimate of drug-likeness (QED) is 0.696. The zero-order valence-corrected chi connectivity index (χ0v) is 9.89. The van der Waals surface area contributed by atoms with Crippen molar-refractivity contribution in [1.29, 1.82) is 0 Å². The number of anilines is 2. The highest BCUT2D eigenvalue weighted by Crippen LogP contribution is 2.05. The van der Waals surface area contributed by atoms with E-state index in [4.69, 9.17) is 5.73 Å². The van der Waals surface area contributed by atoms with Crippen LogP contribution in [0.5, 0.6) is 0 Å². The Hall–Kier alpha value is -0.970. The summed E-state index contributed by atoms with van der Waals surface area (Å²) in [5.74, 6) is 2.47. The molecule has 5 heteroatoms. The number of thioether (sulfide) groups is 1. The lowest BCUT2D eigenvalue weighted by atomic mass is 10.2. The van der Waals surface area contributed by atoms with Crippen LogP contribution in [0.15, 0.2) is 12.4 Å². The van der Waals surface area contributed by atoms with E-state index in [-0.39, 0.29) is 0 Å². The maximum Gasteiger partial charge on any atom is 0.146 e. The number of nitrogens with one attached hydrogen (secondary N) is 1. The van der Waals surface area contributed by atoms with Gasteiger partial charge in [-0.2, -0.15) is 11.8 Å². The van der Waals surface area contributed by atoms with E-state index >= 15 is 0 Å². The van der Waals surface area contributed by atoms with E-state index in [0.29, 0.717) is 5.82 Å². The third-order valence-corrected chi connectivity index (χ3v) is 2.68. The molecule has 15 heavy (non-hydrogen) atoms. The molecule has 0 radical (unpaired) electrons. The van der Waals surface area contributed by atoms with Crippen molar-refractivity contribution in [2.75, 3.05) is 29.6 Å². The summed E-state index contributed by atoms with van der Waals surface area (Å²) in [7, 11) is 0. The molecule has 0 saturated heterocycles. The molecule has 4 nitrogen and oxygen atoms in total. The first-order chi connectivity index (χ1) is 7.33. The number of aromatic nitrogens is 2. The van der Waals surface area contributed by atoms with E-state index in [1.165, 1.54) is 18.6 Å². The molecule has 0 aliphatic carbocycles. The molecule has 0 aromatic carbocycles. The van der Waals surface area contributed by atoms with Crippen LogP contribution in [-0.2, 0) is 0 Å². The van der Waals surface area contributed by atoms with Crippen LogP contribution in [0.4, 0.5) is 11.6 Å². The molecule has 0 amide bonds. The normalized spacial score (nSPS) is 10.2. The van der Waals surface area contributed by atoms with Gasteiger partial charge in [0.15, 0.2) is 0 Å². The van der Waals surface area contributed by atoms with Crippen molar-refractivity contribution >= 4 is 23.4 Å². The van der Waals surface area contributed by atoms with E-state index in [2.05, 4.69) is 21.5 Å². The molecule has 0 atom stereocenters. The Bertz CT molecular complexity index is 280. The highest BCUT2D eigenvalue weighted by atomic mass is 32.2. The molecule has 1 rings (SSSR count). The highest BCUT2D eigenvalue weighted by Gasteiger charge is 1.94. The van der Waals surface area contributed by atoms with Gasteiger partial charge in [-0.25, -0.2) is 4.98 Å². The zero-order chi connectivity index (χ0) is 10.9. The van der Waals surface area contributed by atoms with Gasteiger partial charge in [0.1, 0.15) is 11.6 Å². The second kappa shape index (κ2) is 7.34. The molecule has 0 saturated carbocycles. The van der Waals surface area contributed by atoms with Crippen molar-refractivity contribution in [3.05, 3.63) is 12.4 Å². The third kappa shape index (κ3) is 5.47. The molecular weight excluding hydrogens is 208 g/mol. The standard InChI is InChI=1S/C10H18N4S/c1-15-6-4-2-3-5-13-10-8-12-7-9(11)14-10/h7-8H,2-6H2,1H3,(H3,11,13,14). The molecule has 0 bridgehead atoms. The number of nitrogens with two attached hydrogens (primary N) is 1. The first-order valence-corrected chi connectivity index (χ1v) is 6.52. The van der Waals surface area contributed by atoms with Crippen molar-refractivity contribution < 1.29 is 0 Å². The Morgan fingerprint density at radius 1 is 1.33 bits per heavy atom. The van der Waals surface area contributed by atoms with Gasteiger partial charge < -0.3 is 11.1 Å². The van der Waals surface area contributed by atoms with Gasteiger partial charge in [0, 0.05) is 6.54 Å². The summed E-state index contributed by atoms with van der Waals surface area (Å²) >= 11 is 1.90. The molecule has 0 spiro atoms. The van der Waals surface area contributed by atoms with Crippen molar-refractivity contribution in [2.45, 2.75) is 19.3 Å². The van der Waals surface area contributed by atoms with Crippen molar-refractivity contribution in [2.24, 2.45) is 0 Å². The number of rotatable bonds is 7. The second-order valence-electron chi connectivity index (χ2n) is 3.31. The maximum absolute atomic E-state index is 5.51. The summed E-state index contributed by atoms with van der Waals surface area (Å²) in [5.41, 5.74) is 5.51. The molecule has 0 fully saturated rings. The molecule has 0 unspecified atom stereocenters. The SMILES string of the molecule is CSCCCCCNc1cncc(N)n1. The average molecular weight is 226 g/mol. The Morgan fingerprint density at radius 2 is 2.20 bits per heavy atom. The Morgan fingerprint density at radius 3 is 2.93 bits per heavy atom. The van der Waals surface area contributed by atoms with Gasteiger partial charge in [-0.15, -0.1) is 0 Å². The van der Waals surface area contributed by atoms with Crippen molar-refractivity contribution in [3.8, 4) is 0 Å². The molecule has 84 valence electrons. The van der Waals surface area contributed by atoms with Gasteiger partial charge in [0.2, 0.25) is 0 Å². The molecule has 0 aliphatic rings. The van der Waals surface area contributed by atoms with E-state index in [1.807, 2.05) is 11.8 Å². The van der Waals surface area contributed by atoms with E-state index < -0.39 is 0 Å². The lowest BCUT2D eigenvalue weighted by molar-refractivity contribution is 0.748. The number of hydrogen-bond acceptors (Lipinski definition) is 5. The summed E-state index contributed by atoms with van der Waals surface area (Å²) in [4.78, 5) is 8.07. The predicted octanol–water partition coefficient (Wildman–Crippen LogP) is 2.00. The average Bonchev–Trinajstić information content (AvgIpc) is 2.23. The summed E-state index contributed by atoms with van der Waals surface area (Å²) in [6.45, 7) is 0.937. The van der Waals surface area contributed by atoms with E-state index in [9.17, 15) is 0 Å². The number of nitrogen functional groups attached to an aromatic ring is 1. The number of unbranched alkanes of at least 4 members (excludes halogenated alkanes) is 2. The van der Waals surface area contributed by atoms with E-state index in [0.717, 1.165) is 18.8 Å². The molecular formula is C10H18N4S. The van der Waals surface area contributed by atoms with Gasteiger partial charge in [-0.3, -0.25) is 4.98 Å². The van der Waals surface area contributed by atoms with Crippen LogP contribution in [0.3, 0.4) is 0 Å². The second-order valence-corrected chi connectivity index (χ2v) is 4.30. The Balaban J connectivity index is 2.10. The van der Waals surface area contributed by atoms with Gasteiger partial charge in [0.05, 0.1) is 12.4 Å². The summed E-state index contributed by atoms with van der Waals surface area (Å²) in [5, 5.41) is 3.20. The monoisotopic (exact) mass is 226 g/mol. The fourth-order valence-electron chi connectivity index (χ4n) is 1.23. The van der Waals surface area contributed by atoms with Crippen LogP contribution in [0.1, 0.15) is 19.3 Å². The Kier molecular flexibility index (Phi) is 5.92. The highest BCUT2D eigenvalue weighted by molar-refractivity contribution is 7.98. The van der Waals surface area contributed by atoms with Gasteiger partial charge in [-0.05, 0) is 24.9 Å². The van der Waals surface area contributed by atoms with E-state index in [1.54, 1.807) is 12.4 Å². The summed E-state index contributed by atoms with van der Waals surface area (Å²) < 4.78 is 0. The van der Waals surface area contributed by atoms with Gasteiger partial charge in [0.25, 0.3) is 0 Å². The topological polar surface area (TPSA) is 63.8 Å². The van der Waals surface area contributed by atoms with Crippen LogP contribution in [0.2, 0.25) is 0 Å². The fraction of sp³-hybridized carbons (Fsp3) is 0.600. The van der Waals surface area contributed by atoms with Crippen LogP contribution in [0, 0.1) is 0 Å². The van der Waals surface area contributed by atoms with Crippen LogP contribution < -0.4 is 11.1 Å². The largest absolute Gasteiger partial charge is 0.382 e. The maximum atomic E-state index is 5.51. The molecule has 3 N–H and O–H groups in total. The molecule has 0 aliphatic heterocycles. The molecule has 1 heterocycles. The van der Waals surface area contributed by atoms with Crippen molar-refractivity contribution in [3.63, 3.8) is 0 Å². The fourth-order valence-corrected chi connectivity index (χ4v) is 1.72. The summed E-state index contributed by atoms with van der Waals surface area (Å²) in [6, 6.07) is 0. The number of nitrogens with zero attached hydrogens (tertiary/aromatic N) is 2. The van der Waals surface area contributed by atoms with Crippen LogP contribution >= 0.6 is 11.8 Å². The molecule has 1 aromatic heterocycles. The number of hydrogen-bond donors (Lipinski definition) is 2.